The molecule has 82 valence electrons. The third kappa shape index (κ3) is 1.94. The van der Waals surface area contributed by atoms with Gasteiger partial charge in [0.2, 0.25) is 0 Å². The van der Waals surface area contributed by atoms with Crippen LogP contribution in [0.15, 0.2) is 0 Å². The fourth-order valence-corrected chi connectivity index (χ4v) is 2.92. The maximum Gasteiger partial charge on any atom is 0.0999 e. The summed E-state index contributed by atoms with van der Waals surface area (Å²) in [5.41, 5.74) is -0.125. The molecule has 0 aliphatic carbocycles. The number of halogens is 1. The number of hydrogen-bond acceptors (Lipinski definition) is 1. The third-order valence-electron chi connectivity index (χ3n) is 3.80. The van der Waals surface area contributed by atoms with Crippen LogP contribution in [-0.4, -0.2) is 61.9 Å². The van der Waals surface area contributed by atoms with Crippen molar-refractivity contribution in [3.05, 3.63) is 0 Å². The molecule has 0 unspecified atom stereocenters. The highest BCUT2D eigenvalue weighted by Gasteiger charge is 2.41. The lowest BCUT2D eigenvalue weighted by Crippen LogP contribution is -2.69. The standard InChI is InChI=1S/C11H22FN2/c1-11(2,9-12)10-14-6-3-13(4-7-14)5-8-14/h3-10H2,1-2H3/q+1. The molecule has 0 amide bonds. The van der Waals surface area contributed by atoms with Crippen molar-refractivity contribution < 1.29 is 8.87 Å². The van der Waals surface area contributed by atoms with Gasteiger partial charge in [-0.05, 0) is 0 Å². The van der Waals surface area contributed by atoms with E-state index in [0.717, 1.165) is 6.54 Å². The van der Waals surface area contributed by atoms with E-state index in [2.05, 4.69) is 18.7 Å². The van der Waals surface area contributed by atoms with Crippen molar-refractivity contribution in [3.63, 3.8) is 0 Å². The molecule has 2 bridgehead atoms. The summed E-state index contributed by atoms with van der Waals surface area (Å²) in [6, 6.07) is 0. The summed E-state index contributed by atoms with van der Waals surface area (Å²) in [5, 5.41) is 0. The van der Waals surface area contributed by atoms with Crippen LogP contribution < -0.4 is 0 Å². The highest BCUT2D eigenvalue weighted by atomic mass is 19.1. The smallest absolute Gasteiger partial charge is 0.0999 e. The molecule has 3 heteroatoms. The van der Waals surface area contributed by atoms with Crippen LogP contribution >= 0.6 is 0 Å². The first-order valence-electron chi connectivity index (χ1n) is 5.69. The van der Waals surface area contributed by atoms with Crippen molar-refractivity contribution in [2.45, 2.75) is 13.8 Å². The Bertz CT molecular complexity index is 194. The van der Waals surface area contributed by atoms with Gasteiger partial charge in [-0.2, -0.15) is 0 Å². The van der Waals surface area contributed by atoms with Crippen LogP contribution in [0.3, 0.4) is 0 Å². The van der Waals surface area contributed by atoms with E-state index in [4.69, 9.17) is 0 Å². The molecule has 0 atom stereocenters. The number of nitrogens with zero attached hydrogens (tertiary/aromatic N) is 2. The Morgan fingerprint density at radius 3 is 2.07 bits per heavy atom. The van der Waals surface area contributed by atoms with Gasteiger partial charge in [-0.25, -0.2) is 0 Å². The van der Waals surface area contributed by atoms with Crippen molar-refractivity contribution in [2.75, 3.05) is 52.5 Å². The first kappa shape index (κ1) is 10.4. The van der Waals surface area contributed by atoms with E-state index in [1.165, 1.54) is 43.8 Å². The summed E-state index contributed by atoms with van der Waals surface area (Å²) in [4.78, 5) is 2.53. The van der Waals surface area contributed by atoms with E-state index in [0.29, 0.717) is 0 Å². The number of piperazine rings is 3. The van der Waals surface area contributed by atoms with Crippen molar-refractivity contribution in [1.29, 1.82) is 0 Å². The second-order valence-electron chi connectivity index (χ2n) is 5.81. The highest BCUT2D eigenvalue weighted by molar-refractivity contribution is 4.75. The molecule has 0 aromatic carbocycles. The van der Waals surface area contributed by atoms with Crippen LogP contribution in [-0.2, 0) is 0 Å². The predicted molar refractivity (Wildman–Crippen MR) is 55.9 cm³/mol. The maximum atomic E-state index is 12.8. The molecule has 0 saturated carbocycles. The fraction of sp³-hybridized carbons (Fsp3) is 1.00. The molecule has 0 spiro atoms. The van der Waals surface area contributed by atoms with Crippen LogP contribution in [0.4, 0.5) is 4.39 Å². The lowest BCUT2D eigenvalue weighted by atomic mass is 9.92. The first-order chi connectivity index (χ1) is 6.55. The van der Waals surface area contributed by atoms with Gasteiger partial charge in [0.25, 0.3) is 0 Å². The molecule has 3 heterocycles. The van der Waals surface area contributed by atoms with Crippen LogP contribution in [0.1, 0.15) is 13.8 Å². The summed E-state index contributed by atoms with van der Waals surface area (Å²) in [5.74, 6) is 0. The number of rotatable bonds is 3. The first-order valence-corrected chi connectivity index (χ1v) is 5.69. The number of hydrogen-bond donors (Lipinski definition) is 0. The zero-order valence-electron chi connectivity index (χ0n) is 9.43. The van der Waals surface area contributed by atoms with E-state index in [1.807, 2.05) is 0 Å². The van der Waals surface area contributed by atoms with E-state index in [9.17, 15) is 4.39 Å². The van der Waals surface area contributed by atoms with Gasteiger partial charge < -0.3 is 4.48 Å². The van der Waals surface area contributed by atoms with Crippen molar-refractivity contribution in [2.24, 2.45) is 5.41 Å². The zero-order valence-corrected chi connectivity index (χ0v) is 9.43. The minimum Gasteiger partial charge on any atom is -0.320 e. The normalized spacial score (nSPS) is 37.5. The SMILES string of the molecule is CC(C)(CF)C[N+]12CCN(CC1)CC2. The molecular formula is C11H22FN2+. The van der Waals surface area contributed by atoms with E-state index >= 15 is 0 Å². The van der Waals surface area contributed by atoms with Crippen LogP contribution in [0, 0.1) is 5.41 Å². The molecule has 0 aromatic rings. The number of quaternary nitrogens is 1. The van der Waals surface area contributed by atoms with Gasteiger partial charge >= 0.3 is 0 Å². The molecule has 3 fully saturated rings. The largest absolute Gasteiger partial charge is 0.320 e. The highest BCUT2D eigenvalue weighted by Crippen LogP contribution is 2.27. The average molecular weight is 201 g/mol. The molecule has 2 nitrogen and oxygen atoms in total. The second-order valence-corrected chi connectivity index (χ2v) is 5.81. The Kier molecular flexibility index (Phi) is 2.56. The molecule has 3 rings (SSSR count). The van der Waals surface area contributed by atoms with Gasteiger partial charge in [0.1, 0.15) is 0 Å². The molecule has 3 aliphatic rings. The fourth-order valence-electron chi connectivity index (χ4n) is 2.92. The van der Waals surface area contributed by atoms with Crippen LogP contribution in [0.25, 0.3) is 0 Å². The van der Waals surface area contributed by atoms with Gasteiger partial charge in [0.05, 0.1) is 32.9 Å². The molecule has 0 radical (unpaired) electrons. The Labute approximate surface area is 86.3 Å². The third-order valence-corrected chi connectivity index (χ3v) is 3.80. The molecule has 14 heavy (non-hydrogen) atoms. The Hall–Kier alpha value is -0.150. The van der Waals surface area contributed by atoms with Crippen molar-refractivity contribution in [1.82, 2.24) is 4.90 Å². The molecule has 3 saturated heterocycles. The predicted octanol–water partition coefficient (Wildman–Crippen LogP) is 1.13. The summed E-state index contributed by atoms with van der Waals surface area (Å²) >= 11 is 0. The lowest BCUT2D eigenvalue weighted by molar-refractivity contribution is -0.946. The van der Waals surface area contributed by atoms with Crippen molar-refractivity contribution in [3.8, 4) is 0 Å². The van der Waals surface area contributed by atoms with Gasteiger partial charge in [-0.1, -0.05) is 13.8 Å². The Morgan fingerprint density at radius 2 is 1.64 bits per heavy atom. The summed E-state index contributed by atoms with van der Waals surface area (Å²) in [6.07, 6.45) is 0. The number of alkyl halides is 1. The second kappa shape index (κ2) is 3.46. The topological polar surface area (TPSA) is 3.24 Å². The quantitative estimate of drug-likeness (QED) is 0.619. The van der Waals surface area contributed by atoms with Gasteiger partial charge in [-0.15, -0.1) is 0 Å². The molecule has 0 N–H and O–H groups in total. The molecular weight excluding hydrogens is 179 g/mol. The summed E-state index contributed by atoms with van der Waals surface area (Å²) in [7, 11) is 0. The maximum absolute atomic E-state index is 12.8. The molecule has 0 aromatic heterocycles. The zero-order chi connectivity index (χ0) is 10.2. The summed E-state index contributed by atoms with van der Waals surface area (Å²) < 4.78 is 14.0. The monoisotopic (exact) mass is 201 g/mol. The van der Waals surface area contributed by atoms with Crippen molar-refractivity contribution >= 4 is 0 Å². The minimum atomic E-state index is -0.184. The lowest BCUT2D eigenvalue weighted by Gasteiger charge is -2.52. The van der Waals surface area contributed by atoms with Gasteiger partial charge in [-0.3, -0.25) is 9.29 Å². The Balaban J connectivity index is 2.01. The minimum absolute atomic E-state index is 0.125. The van der Waals surface area contributed by atoms with E-state index < -0.39 is 0 Å². The average Bonchev–Trinajstić information content (AvgIpc) is 2.19. The van der Waals surface area contributed by atoms with E-state index in [-0.39, 0.29) is 12.1 Å². The molecule has 3 aliphatic heterocycles. The van der Waals surface area contributed by atoms with E-state index in [1.54, 1.807) is 0 Å². The van der Waals surface area contributed by atoms with Crippen LogP contribution in [0.5, 0.6) is 0 Å². The number of fused-ring (bicyclic) bond motifs is 3. The van der Waals surface area contributed by atoms with Crippen LogP contribution in [0.2, 0.25) is 0 Å². The summed E-state index contributed by atoms with van der Waals surface area (Å²) in [6.45, 7) is 12.3. The van der Waals surface area contributed by atoms with Gasteiger partial charge in [0.15, 0.2) is 0 Å². The Morgan fingerprint density at radius 1 is 1.14 bits per heavy atom. The van der Waals surface area contributed by atoms with Gasteiger partial charge in [0, 0.05) is 25.0 Å².